The first-order valence-electron chi connectivity index (χ1n) is 7.52. The summed E-state index contributed by atoms with van der Waals surface area (Å²) in [5.41, 5.74) is 2.25. The van der Waals surface area contributed by atoms with Gasteiger partial charge in [-0.15, -0.1) is 0 Å². The Labute approximate surface area is 128 Å². The van der Waals surface area contributed by atoms with Gasteiger partial charge in [0.1, 0.15) is 18.1 Å². The van der Waals surface area contributed by atoms with Crippen LogP contribution in [0.4, 0.5) is 8.78 Å². The van der Waals surface area contributed by atoms with Crippen molar-refractivity contribution in [2.24, 2.45) is 0 Å². The largest absolute Gasteiger partial charge is 0.488 e. The van der Waals surface area contributed by atoms with E-state index in [0.29, 0.717) is 12.3 Å². The molecule has 3 rings (SSSR count). The van der Waals surface area contributed by atoms with Crippen LogP contribution in [0, 0.1) is 0 Å². The Balaban J connectivity index is 1.59. The van der Waals surface area contributed by atoms with Gasteiger partial charge in [0.15, 0.2) is 0 Å². The standard InChI is InChI=1S/C17H19F2NO2/c18-17(19)11-22-13-4-1-3-12(9-13)10-20-15-5-2-6-16-14(15)7-8-21-16/h1,3-4,7-9,15,17,20H,2,5-6,10-11H2. The molecule has 0 radical (unpaired) electrons. The third-order valence-electron chi connectivity index (χ3n) is 3.88. The summed E-state index contributed by atoms with van der Waals surface area (Å²) in [7, 11) is 0. The number of halogens is 2. The van der Waals surface area contributed by atoms with E-state index in [1.54, 1.807) is 18.4 Å². The number of hydrogen-bond acceptors (Lipinski definition) is 3. The monoisotopic (exact) mass is 307 g/mol. The highest BCUT2D eigenvalue weighted by Crippen LogP contribution is 2.30. The van der Waals surface area contributed by atoms with Crippen LogP contribution in [0.2, 0.25) is 0 Å². The van der Waals surface area contributed by atoms with Gasteiger partial charge in [0.25, 0.3) is 6.43 Å². The van der Waals surface area contributed by atoms with Crippen molar-refractivity contribution in [3.63, 3.8) is 0 Å². The lowest BCUT2D eigenvalue weighted by Gasteiger charge is -2.23. The highest BCUT2D eigenvalue weighted by atomic mass is 19.3. The second-order valence-corrected chi connectivity index (χ2v) is 5.47. The van der Waals surface area contributed by atoms with Gasteiger partial charge in [-0.05, 0) is 36.6 Å². The van der Waals surface area contributed by atoms with Gasteiger partial charge < -0.3 is 14.5 Å². The fraction of sp³-hybridized carbons (Fsp3) is 0.412. The number of benzene rings is 1. The minimum Gasteiger partial charge on any atom is -0.488 e. The molecule has 0 saturated carbocycles. The SMILES string of the molecule is FC(F)COc1cccc(CNC2CCCc3occc32)c1. The highest BCUT2D eigenvalue weighted by molar-refractivity contribution is 5.29. The van der Waals surface area contributed by atoms with Crippen LogP contribution in [0.5, 0.6) is 5.75 Å². The van der Waals surface area contributed by atoms with Crippen LogP contribution >= 0.6 is 0 Å². The average molecular weight is 307 g/mol. The number of rotatable bonds is 6. The van der Waals surface area contributed by atoms with Crippen molar-refractivity contribution in [3.05, 3.63) is 53.5 Å². The summed E-state index contributed by atoms with van der Waals surface area (Å²) in [6.07, 6.45) is 2.47. The summed E-state index contributed by atoms with van der Waals surface area (Å²) < 4.78 is 34.9. The molecule has 0 saturated heterocycles. The summed E-state index contributed by atoms with van der Waals surface area (Å²) in [5.74, 6) is 1.55. The van der Waals surface area contributed by atoms with Crippen LogP contribution in [0.15, 0.2) is 41.0 Å². The molecule has 1 unspecified atom stereocenters. The molecular weight excluding hydrogens is 288 g/mol. The van der Waals surface area contributed by atoms with Crippen molar-refractivity contribution in [3.8, 4) is 5.75 Å². The lowest BCUT2D eigenvalue weighted by molar-refractivity contribution is 0.0818. The smallest absolute Gasteiger partial charge is 0.272 e. The van der Waals surface area contributed by atoms with Gasteiger partial charge in [-0.1, -0.05) is 12.1 Å². The van der Waals surface area contributed by atoms with Crippen molar-refractivity contribution in [2.75, 3.05) is 6.61 Å². The first-order chi connectivity index (χ1) is 10.7. The average Bonchev–Trinajstić information content (AvgIpc) is 3.00. The molecule has 1 aromatic heterocycles. The summed E-state index contributed by atoms with van der Waals surface area (Å²) in [6.45, 7) is 0.0963. The van der Waals surface area contributed by atoms with E-state index in [2.05, 4.69) is 5.32 Å². The number of fused-ring (bicyclic) bond motifs is 1. The minimum absolute atomic E-state index is 0.285. The van der Waals surface area contributed by atoms with E-state index in [1.807, 2.05) is 18.2 Å². The predicted molar refractivity (Wildman–Crippen MR) is 79.2 cm³/mol. The Bertz CT molecular complexity index is 612. The zero-order chi connectivity index (χ0) is 15.4. The molecule has 0 aliphatic heterocycles. The molecule has 0 fully saturated rings. The lowest BCUT2D eigenvalue weighted by atomic mass is 9.93. The molecule has 0 amide bonds. The quantitative estimate of drug-likeness (QED) is 0.873. The van der Waals surface area contributed by atoms with Crippen molar-refractivity contribution >= 4 is 0 Å². The van der Waals surface area contributed by atoms with Crippen LogP contribution in [-0.4, -0.2) is 13.0 Å². The number of furan rings is 1. The molecule has 22 heavy (non-hydrogen) atoms. The minimum atomic E-state index is -2.46. The molecule has 1 aromatic carbocycles. The summed E-state index contributed by atoms with van der Waals surface area (Å²) in [6, 6.07) is 9.58. The van der Waals surface area contributed by atoms with Crippen LogP contribution in [0.3, 0.4) is 0 Å². The molecule has 1 atom stereocenters. The van der Waals surface area contributed by atoms with Crippen molar-refractivity contribution in [2.45, 2.75) is 38.3 Å². The number of nitrogens with one attached hydrogen (secondary N) is 1. The van der Waals surface area contributed by atoms with Gasteiger partial charge in [0.2, 0.25) is 0 Å². The Morgan fingerprint density at radius 2 is 2.23 bits per heavy atom. The summed E-state index contributed by atoms with van der Waals surface area (Å²) in [5, 5.41) is 3.51. The van der Waals surface area contributed by atoms with Crippen LogP contribution < -0.4 is 10.1 Å². The van der Waals surface area contributed by atoms with E-state index in [0.717, 1.165) is 30.6 Å². The van der Waals surface area contributed by atoms with E-state index in [1.165, 1.54) is 5.56 Å². The van der Waals surface area contributed by atoms with Crippen LogP contribution in [0.25, 0.3) is 0 Å². The Hall–Kier alpha value is -1.88. The van der Waals surface area contributed by atoms with Crippen molar-refractivity contribution < 1.29 is 17.9 Å². The lowest BCUT2D eigenvalue weighted by Crippen LogP contribution is -2.24. The van der Waals surface area contributed by atoms with Crippen molar-refractivity contribution in [1.29, 1.82) is 0 Å². The number of alkyl halides is 2. The molecule has 3 nitrogen and oxygen atoms in total. The van der Waals surface area contributed by atoms with E-state index in [4.69, 9.17) is 9.15 Å². The third kappa shape index (κ3) is 3.65. The summed E-state index contributed by atoms with van der Waals surface area (Å²) in [4.78, 5) is 0. The highest BCUT2D eigenvalue weighted by Gasteiger charge is 2.21. The van der Waals surface area contributed by atoms with Gasteiger partial charge in [0, 0.05) is 24.6 Å². The molecule has 0 spiro atoms. The molecule has 0 bridgehead atoms. The maximum Gasteiger partial charge on any atom is 0.272 e. The molecule has 2 aromatic rings. The normalized spacial score (nSPS) is 17.5. The molecule has 1 aliphatic carbocycles. The fourth-order valence-corrected chi connectivity index (χ4v) is 2.84. The second-order valence-electron chi connectivity index (χ2n) is 5.47. The Morgan fingerprint density at radius 1 is 1.32 bits per heavy atom. The van der Waals surface area contributed by atoms with Gasteiger partial charge in [-0.2, -0.15) is 0 Å². The molecule has 1 N–H and O–H groups in total. The van der Waals surface area contributed by atoms with E-state index < -0.39 is 13.0 Å². The predicted octanol–water partition coefficient (Wildman–Crippen LogP) is 4.09. The van der Waals surface area contributed by atoms with Gasteiger partial charge in [0.05, 0.1) is 6.26 Å². The van der Waals surface area contributed by atoms with Gasteiger partial charge >= 0.3 is 0 Å². The molecule has 1 heterocycles. The molecular formula is C17H19F2NO2. The molecule has 1 aliphatic rings. The van der Waals surface area contributed by atoms with E-state index in [9.17, 15) is 8.78 Å². The Morgan fingerprint density at radius 3 is 3.09 bits per heavy atom. The van der Waals surface area contributed by atoms with E-state index in [-0.39, 0.29) is 6.04 Å². The van der Waals surface area contributed by atoms with Crippen LogP contribution in [-0.2, 0) is 13.0 Å². The number of ether oxygens (including phenoxy) is 1. The first kappa shape index (κ1) is 15.0. The van der Waals surface area contributed by atoms with Gasteiger partial charge in [-0.3, -0.25) is 0 Å². The second kappa shape index (κ2) is 6.92. The molecule has 118 valence electrons. The maximum absolute atomic E-state index is 12.2. The zero-order valence-corrected chi connectivity index (χ0v) is 12.2. The topological polar surface area (TPSA) is 34.4 Å². The molecule has 5 heteroatoms. The Kier molecular flexibility index (Phi) is 4.73. The zero-order valence-electron chi connectivity index (χ0n) is 12.2. The number of hydrogen-bond donors (Lipinski definition) is 1. The van der Waals surface area contributed by atoms with Crippen LogP contribution in [0.1, 0.15) is 35.8 Å². The number of aryl methyl sites for hydroxylation is 1. The fourth-order valence-electron chi connectivity index (χ4n) is 2.84. The third-order valence-corrected chi connectivity index (χ3v) is 3.88. The van der Waals surface area contributed by atoms with E-state index >= 15 is 0 Å². The maximum atomic E-state index is 12.2. The van der Waals surface area contributed by atoms with Crippen molar-refractivity contribution in [1.82, 2.24) is 5.32 Å². The summed E-state index contributed by atoms with van der Waals surface area (Å²) >= 11 is 0. The van der Waals surface area contributed by atoms with Gasteiger partial charge in [-0.25, -0.2) is 8.78 Å². The first-order valence-corrected chi connectivity index (χ1v) is 7.52.